The highest BCUT2D eigenvalue weighted by atomic mass is 35.5. The van der Waals surface area contributed by atoms with Crippen LogP contribution < -0.4 is 22.1 Å². The van der Waals surface area contributed by atoms with Gasteiger partial charge in [0.2, 0.25) is 0 Å². The quantitative estimate of drug-likeness (QED) is 0.216. The number of carbonyl (C=O) groups excluding carboxylic acids is 1. The van der Waals surface area contributed by atoms with Crippen LogP contribution in [0.3, 0.4) is 0 Å². The molecule has 1 aliphatic rings. The van der Waals surface area contributed by atoms with Crippen LogP contribution in [0.15, 0.2) is 72.9 Å². The lowest BCUT2D eigenvalue weighted by atomic mass is 9.98. The molecule has 4 rings (SSSR count). The molecule has 1 aromatic heterocycles. The van der Waals surface area contributed by atoms with Gasteiger partial charge in [0.25, 0.3) is 0 Å². The summed E-state index contributed by atoms with van der Waals surface area (Å²) in [6.07, 6.45) is 8.29. The number of nitrogens with zero attached hydrogens (tertiary/aromatic N) is 1. The smallest absolute Gasteiger partial charge is 0.169 e. The van der Waals surface area contributed by atoms with Gasteiger partial charge in [-0.25, -0.2) is 4.39 Å². The highest BCUT2D eigenvalue weighted by molar-refractivity contribution is 6.31. The molecule has 0 aliphatic heterocycles. The number of hydrogen-bond acceptors (Lipinski definition) is 6. The van der Waals surface area contributed by atoms with Crippen molar-refractivity contribution in [3.05, 3.63) is 94.8 Å². The lowest BCUT2D eigenvalue weighted by Crippen LogP contribution is -2.20. The third-order valence-electron chi connectivity index (χ3n) is 6.11. The molecule has 1 heterocycles. The van der Waals surface area contributed by atoms with Crippen molar-refractivity contribution in [2.24, 2.45) is 17.4 Å². The van der Waals surface area contributed by atoms with Crippen molar-refractivity contribution in [3.63, 3.8) is 0 Å². The second-order valence-electron chi connectivity index (χ2n) is 8.80. The van der Waals surface area contributed by atoms with Crippen molar-refractivity contribution in [1.82, 2.24) is 10.3 Å². The van der Waals surface area contributed by atoms with Gasteiger partial charge in [0, 0.05) is 53.1 Å². The van der Waals surface area contributed by atoms with Crippen molar-refractivity contribution in [1.29, 1.82) is 0 Å². The first-order chi connectivity index (χ1) is 17.3. The molecule has 1 aliphatic carbocycles. The van der Waals surface area contributed by atoms with E-state index >= 15 is 0 Å². The Hall–Kier alpha value is -3.68. The molecule has 1 saturated carbocycles. The summed E-state index contributed by atoms with van der Waals surface area (Å²) in [4.78, 5) is 17.7. The molecule has 2 aromatic carbocycles. The van der Waals surface area contributed by atoms with Gasteiger partial charge in [0.05, 0.1) is 22.5 Å². The van der Waals surface area contributed by atoms with E-state index in [1.54, 1.807) is 31.3 Å². The van der Waals surface area contributed by atoms with E-state index in [0.29, 0.717) is 62.8 Å². The SMILES string of the molecule is C=C(/C=C\C(=C/N)Nc1c(C(=O)C2CC2)cnc2ccc(-c3cc(F)c(C)c(Cl)c3)cc12)NCCN. The number of aromatic nitrogens is 1. The molecule has 0 spiro atoms. The van der Waals surface area contributed by atoms with Crippen LogP contribution in [0, 0.1) is 18.7 Å². The molecule has 186 valence electrons. The van der Waals surface area contributed by atoms with Gasteiger partial charge < -0.3 is 22.1 Å². The maximum absolute atomic E-state index is 14.4. The van der Waals surface area contributed by atoms with Gasteiger partial charge in [-0.1, -0.05) is 24.2 Å². The van der Waals surface area contributed by atoms with Crippen LogP contribution in [-0.4, -0.2) is 23.9 Å². The Kier molecular flexibility index (Phi) is 7.72. The highest BCUT2D eigenvalue weighted by Gasteiger charge is 2.32. The molecule has 0 unspecified atom stereocenters. The first kappa shape index (κ1) is 25.4. The molecule has 0 bridgehead atoms. The molecule has 0 atom stereocenters. The van der Waals surface area contributed by atoms with Gasteiger partial charge in [-0.15, -0.1) is 0 Å². The first-order valence-electron chi connectivity index (χ1n) is 11.7. The molecule has 8 heteroatoms. The van der Waals surface area contributed by atoms with Crippen LogP contribution in [0.1, 0.15) is 28.8 Å². The van der Waals surface area contributed by atoms with Crippen LogP contribution in [0.2, 0.25) is 5.02 Å². The van der Waals surface area contributed by atoms with Gasteiger partial charge in [-0.3, -0.25) is 9.78 Å². The van der Waals surface area contributed by atoms with Crippen molar-refractivity contribution < 1.29 is 9.18 Å². The lowest BCUT2D eigenvalue weighted by molar-refractivity contribution is 0.0968. The zero-order chi connectivity index (χ0) is 25.8. The zero-order valence-electron chi connectivity index (χ0n) is 20.1. The number of ketones is 1. The summed E-state index contributed by atoms with van der Waals surface area (Å²) >= 11 is 6.25. The van der Waals surface area contributed by atoms with Gasteiger partial charge in [-0.05, 0) is 67.3 Å². The number of halogens is 2. The van der Waals surface area contributed by atoms with E-state index < -0.39 is 0 Å². The number of hydrogen-bond donors (Lipinski definition) is 4. The fourth-order valence-electron chi connectivity index (χ4n) is 3.84. The normalized spacial score (nSPS) is 13.8. The number of Topliss-reactive ketones (excluding diaryl/α,β-unsaturated/α-hetero) is 1. The Bertz CT molecular complexity index is 1370. The number of anilines is 1. The Labute approximate surface area is 214 Å². The van der Waals surface area contributed by atoms with Crippen LogP contribution in [-0.2, 0) is 0 Å². The summed E-state index contributed by atoms with van der Waals surface area (Å²) in [5, 5.41) is 7.47. The molecule has 1 fully saturated rings. The summed E-state index contributed by atoms with van der Waals surface area (Å²) in [6.45, 7) is 6.66. The third-order valence-corrected chi connectivity index (χ3v) is 6.50. The molecule has 0 amide bonds. The number of carbonyl (C=O) groups is 1. The molecule has 0 saturated heterocycles. The van der Waals surface area contributed by atoms with Crippen LogP contribution in [0.5, 0.6) is 0 Å². The van der Waals surface area contributed by atoms with Gasteiger partial charge in [0.1, 0.15) is 5.82 Å². The van der Waals surface area contributed by atoms with Gasteiger partial charge in [-0.2, -0.15) is 0 Å². The summed E-state index contributed by atoms with van der Waals surface area (Å²) in [6, 6.07) is 8.76. The number of nitrogens with two attached hydrogens (primary N) is 2. The zero-order valence-corrected chi connectivity index (χ0v) is 20.8. The predicted octanol–water partition coefficient (Wildman–Crippen LogP) is 5.43. The van der Waals surface area contributed by atoms with Crippen molar-refractivity contribution >= 4 is 34.0 Å². The Morgan fingerprint density at radius 3 is 2.69 bits per heavy atom. The van der Waals surface area contributed by atoms with E-state index in [9.17, 15) is 9.18 Å². The van der Waals surface area contributed by atoms with Crippen molar-refractivity contribution in [2.45, 2.75) is 19.8 Å². The molecule has 0 radical (unpaired) electrons. The average molecular weight is 506 g/mol. The molecular formula is C28H29ClFN5O. The van der Waals surface area contributed by atoms with Gasteiger partial charge in [0.15, 0.2) is 5.78 Å². The largest absolute Gasteiger partial charge is 0.403 e. The number of pyridine rings is 1. The minimum absolute atomic E-state index is 0.000859. The summed E-state index contributed by atoms with van der Waals surface area (Å²) < 4.78 is 14.4. The van der Waals surface area contributed by atoms with Crippen molar-refractivity contribution in [2.75, 3.05) is 18.4 Å². The maximum Gasteiger partial charge on any atom is 0.169 e. The topological polar surface area (TPSA) is 106 Å². The minimum atomic E-state index is -0.381. The molecule has 6 nitrogen and oxygen atoms in total. The molecular weight excluding hydrogens is 477 g/mol. The third kappa shape index (κ3) is 5.58. The average Bonchev–Trinajstić information content (AvgIpc) is 3.73. The van der Waals surface area contributed by atoms with E-state index in [1.807, 2.05) is 18.2 Å². The van der Waals surface area contributed by atoms with E-state index in [-0.39, 0.29) is 17.5 Å². The Balaban J connectivity index is 1.79. The predicted molar refractivity (Wildman–Crippen MR) is 145 cm³/mol. The highest BCUT2D eigenvalue weighted by Crippen LogP contribution is 2.38. The number of rotatable bonds is 10. The first-order valence-corrected chi connectivity index (χ1v) is 12.1. The number of benzene rings is 2. The van der Waals surface area contributed by atoms with E-state index in [4.69, 9.17) is 23.1 Å². The fraction of sp³-hybridized carbons (Fsp3) is 0.214. The molecule has 36 heavy (non-hydrogen) atoms. The fourth-order valence-corrected chi connectivity index (χ4v) is 4.04. The second-order valence-corrected chi connectivity index (χ2v) is 9.21. The summed E-state index contributed by atoms with van der Waals surface area (Å²) in [7, 11) is 0. The Morgan fingerprint density at radius 1 is 1.25 bits per heavy atom. The maximum atomic E-state index is 14.4. The van der Waals surface area contributed by atoms with Gasteiger partial charge >= 0.3 is 0 Å². The lowest BCUT2D eigenvalue weighted by Gasteiger charge is -2.16. The summed E-state index contributed by atoms with van der Waals surface area (Å²) in [5.41, 5.74) is 16.2. The monoisotopic (exact) mass is 505 g/mol. The number of allylic oxidation sites excluding steroid dienone is 2. The van der Waals surface area contributed by atoms with E-state index in [2.05, 4.69) is 22.2 Å². The molecule has 6 N–H and O–H groups in total. The van der Waals surface area contributed by atoms with Crippen LogP contribution >= 0.6 is 11.6 Å². The van der Waals surface area contributed by atoms with Crippen molar-refractivity contribution in [3.8, 4) is 11.1 Å². The second kappa shape index (κ2) is 10.9. The number of fused-ring (bicyclic) bond motifs is 1. The van der Waals surface area contributed by atoms with Crippen LogP contribution in [0.4, 0.5) is 10.1 Å². The van der Waals surface area contributed by atoms with E-state index in [1.165, 1.54) is 12.3 Å². The van der Waals surface area contributed by atoms with E-state index in [0.717, 1.165) is 18.4 Å². The Morgan fingerprint density at radius 2 is 2.03 bits per heavy atom. The minimum Gasteiger partial charge on any atom is -0.403 e. The number of nitrogens with one attached hydrogen (secondary N) is 2. The standard InChI is InChI=1S/C28H29ClFN5O/c1-16(33-10-9-31)3-7-21(14-32)35-27-22-11-19(20-12-24(29)17(2)25(30)13-20)6-8-26(22)34-15-23(27)28(36)18-4-5-18/h3,6-8,11-15,18,33H,1,4-5,9-10,31-32H2,2H3,(H,34,35)/b7-3-,21-14+. The van der Waals surface area contributed by atoms with Crippen LogP contribution in [0.25, 0.3) is 22.0 Å². The summed E-state index contributed by atoms with van der Waals surface area (Å²) in [5.74, 6) is -0.344. The molecule has 3 aromatic rings.